The van der Waals surface area contributed by atoms with Gasteiger partial charge in [0, 0.05) is 36.0 Å². The largest absolute Gasteiger partial charge is 0.376 e. The third-order valence-electron chi connectivity index (χ3n) is 4.96. The molecule has 0 unspecified atom stereocenters. The molecule has 0 atom stereocenters. The third kappa shape index (κ3) is 3.43. The highest BCUT2D eigenvalue weighted by Gasteiger charge is 2.25. The Kier molecular flexibility index (Phi) is 4.73. The standard InChI is InChI=1S/C17H22N4O2S/c22-17-7-12-9-23-6-5-16(12)20-21(17)15-3-1-13(2-4-15)18-8-14-10-24-11-19-14/h7,10-11,13,15,18H,1-6,8-9H2. The van der Waals surface area contributed by atoms with Gasteiger partial charge in [-0.1, -0.05) is 0 Å². The monoisotopic (exact) mass is 346 g/mol. The minimum absolute atomic E-state index is 0.0122. The van der Waals surface area contributed by atoms with Crippen LogP contribution in [-0.2, 0) is 24.3 Å². The van der Waals surface area contributed by atoms with Gasteiger partial charge in [0.1, 0.15) is 0 Å². The molecule has 0 aromatic carbocycles. The van der Waals surface area contributed by atoms with Crippen LogP contribution >= 0.6 is 11.3 Å². The minimum atomic E-state index is 0.0122. The molecule has 1 fully saturated rings. The molecule has 6 nitrogen and oxygen atoms in total. The van der Waals surface area contributed by atoms with Crippen molar-refractivity contribution in [2.45, 2.75) is 57.3 Å². The van der Waals surface area contributed by atoms with E-state index in [4.69, 9.17) is 4.74 Å². The maximum absolute atomic E-state index is 12.4. The maximum atomic E-state index is 12.4. The number of aromatic nitrogens is 3. The van der Waals surface area contributed by atoms with Gasteiger partial charge in [0.2, 0.25) is 0 Å². The van der Waals surface area contributed by atoms with Gasteiger partial charge < -0.3 is 10.1 Å². The minimum Gasteiger partial charge on any atom is -0.376 e. The summed E-state index contributed by atoms with van der Waals surface area (Å²) in [5, 5.41) is 10.3. The fraction of sp³-hybridized carbons (Fsp3) is 0.588. The Bertz CT molecular complexity index is 736. The molecular weight excluding hydrogens is 324 g/mol. The molecule has 2 aliphatic rings. The van der Waals surface area contributed by atoms with E-state index < -0.39 is 0 Å². The zero-order valence-corrected chi connectivity index (χ0v) is 14.4. The number of hydrogen-bond donors (Lipinski definition) is 1. The molecule has 2 aromatic rings. The van der Waals surface area contributed by atoms with E-state index in [0.717, 1.165) is 55.6 Å². The van der Waals surface area contributed by atoms with Gasteiger partial charge in [-0.3, -0.25) is 4.79 Å². The predicted octanol–water partition coefficient (Wildman–Crippen LogP) is 2.05. The highest BCUT2D eigenvalue weighted by molar-refractivity contribution is 7.07. The molecule has 0 bridgehead atoms. The van der Waals surface area contributed by atoms with Crippen LogP contribution in [0.2, 0.25) is 0 Å². The molecule has 0 radical (unpaired) electrons. The summed E-state index contributed by atoms with van der Waals surface area (Å²) in [6, 6.07) is 2.45. The van der Waals surface area contributed by atoms with E-state index >= 15 is 0 Å². The summed E-state index contributed by atoms with van der Waals surface area (Å²) in [5.74, 6) is 0. The van der Waals surface area contributed by atoms with Crippen LogP contribution < -0.4 is 10.9 Å². The van der Waals surface area contributed by atoms with E-state index in [0.29, 0.717) is 19.3 Å². The van der Waals surface area contributed by atoms with Gasteiger partial charge in [0.25, 0.3) is 5.56 Å². The average molecular weight is 346 g/mol. The molecule has 1 N–H and O–H groups in total. The van der Waals surface area contributed by atoms with E-state index in [1.54, 1.807) is 22.1 Å². The van der Waals surface area contributed by atoms with Gasteiger partial charge in [0.05, 0.1) is 36.2 Å². The number of fused-ring (bicyclic) bond motifs is 1. The number of thiazole rings is 1. The molecule has 0 amide bonds. The van der Waals surface area contributed by atoms with E-state index in [9.17, 15) is 4.79 Å². The third-order valence-corrected chi connectivity index (χ3v) is 5.60. The molecule has 1 aliphatic carbocycles. The fourth-order valence-corrected chi connectivity index (χ4v) is 4.15. The first-order valence-electron chi connectivity index (χ1n) is 8.59. The zero-order valence-electron chi connectivity index (χ0n) is 13.6. The molecule has 128 valence electrons. The van der Waals surface area contributed by atoms with Gasteiger partial charge in [-0.15, -0.1) is 11.3 Å². The summed E-state index contributed by atoms with van der Waals surface area (Å²) >= 11 is 1.63. The molecule has 4 rings (SSSR count). The van der Waals surface area contributed by atoms with Crippen molar-refractivity contribution < 1.29 is 4.74 Å². The Morgan fingerprint density at radius 2 is 2.21 bits per heavy atom. The van der Waals surface area contributed by atoms with Crippen LogP contribution in [-0.4, -0.2) is 27.4 Å². The first-order valence-corrected chi connectivity index (χ1v) is 9.53. The highest BCUT2D eigenvalue weighted by atomic mass is 32.1. The SMILES string of the molecule is O=c1cc2c(nn1C1CCC(NCc3cscn3)CC1)CCOC2. The van der Waals surface area contributed by atoms with Gasteiger partial charge in [-0.05, 0) is 25.7 Å². The quantitative estimate of drug-likeness (QED) is 0.917. The van der Waals surface area contributed by atoms with Crippen LogP contribution in [0, 0.1) is 0 Å². The second-order valence-electron chi connectivity index (χ2n) is 6.57. The van der Waals surface area contributed by atoms with Gasteiger partial charge in [0.15, 0.2) is 0 Å². The van der Waals surface area contributed by atoms with E-state index in [-0.39, 0.29) is 11.6 Å². The smallest absolute Gasteiger partial charge is 0.267 e. The number of nitrogens with one attached hydrogen (secondary N) is 1. The summed E-state index contributed by atoms with van der Waals surface area (Å²) in [6.07, 6.45) is 4.94. The Morgan fingerprint density at radius 1 is 1.33 bits per heavy atom. The van der Waals surface area contributed by atoms with Crippen LogP contribution in [0.15, 0.2) is 21.8 Å². The Hall–Kier alpha value is -1.57. The molecule has 1 saturated carbocycles. The maximum Gasteiger partial charge on any atom is 0.267 e. The van der Waals surface area contributed by atoms with Crippen molar-refractivity contribution in [2.24, 2.45) is 0 Å². The Balaban J connectivity index is 1.38. The second kappa shape index (κ2) is 7.13. The lowest BCUT2D eigenvalue weighted by Gasteiger charge is -2.30. The van der Waals surface area contributed by atoms with Gasteiger partial charge in [-0.25, -0.2) is 9.67 Å². The first kappa shape index (κ1) is 15.9. The summed E-state index contributed by atoms with van der Waals surface area (Å²) in [5.41, 5.74) is 4.98. The lowest BCUT2D eigenvalue weighted by molar-refractivity contribution is 0.107. The zero-order chi connectivity index (χ0) is 16.4. The number of rotatable bonds is 4. The van der Waals surface area contributed by atoms with Crippen LogP contribution in [0.1, 0.15) is 48.7 Å². The number of hydrogen-bond acceptors (Lipinski definition) is 6. The lowest BCUT2D eigenvalue weighted by Crippen LogP contribution is -2.37. The van der Waals surface area contributed by atoms with E-state index in [1.807, 2.05) is 5.51 Å². The van der Waals surface area contributed by atoms with Crippen molar-refractivity contribution in [1.29, 1.82) is 0 Å². The predicted molar refractivity (Wildman–Crippen MR) is 92.1 cm³/mol. The van der Waals surface area contributed by atoms with Crippen molar-refractivity contribution in [3.63, 3.8) is 0 Å². The van der Waals surface area contributed by atoms with Crippen LogP contribution in [0.3, 0.4) is 0 Å². The number of nitrogens with zero attached hydrogens (tertiary/aromatic N) is 3. The number of ether oxygens (including phenoxy) is 1. The molecule has 24 heavy (non-hydrogen) atoms. The van der Waals surface area contributed by atoms with Crippen LogP contribution in [0.5, 0.6) is 0 Å². The second-order valence-corrected chi connectivity index (χ2v) is 7.29. The molecule has 7 heteroatoms. The molecule has 2 aromatic heterocycles. The molecule has 1 aliphatic heterocycles. The van der Waals surface area contributed by atoms with Crippen molar-refractivity contribution >= 4 is 11.3 Å². The van der Waals surface area contributed by atoms with Crippen LogP contribution in [0.25, 0.3) is 0 Å². The van der Waals surface area contributed by atoms with Crippen molar-refractivity contribution in [3.8, 4) is 0 Å². The van der Waals surface area contributed by atoms with Crippen LogP contribution in [0.4, 0.5) is 0 Å². The topological polar surface area (TPSA) is 69.0 Å². The van der Waals surface area contributed by atoms with Gasteiger partial charge >= 0.3 is 0 Å². The lowest BCUT2D eigenvalue weighted by atomic mass is 9.91. The van der Waals surface area contributed by atoms with Crippen molar-refractivity contribution in [1.82, 2.24) is 20.1 Å². The first-order chi connectivity index (χ1) is 11.8. The van der Waals surface area contributed by atoms with Gasteiger partial charge in [-0.2, -0.15) is 5.10 Å². The van der Waals surface area contributed by atoms with E-state index in [2.05, 4.69) is 20.8 Å². The normalized spacial score (nSPS) is 23.8. The fourth-order valence-electron chi connectivity index (χ4n) is 3.59. The summed E-state index contributed by atoms with van der Waals surface area (Å²) in [7, 11) is 0. The molecule has 3 heterocycles. The summed E-state index contributed by atoms with van der Waals surface area (Å²) in [6.45, 7) is 2.05. The molecule has 0 spiro atoms. The highest BCUT2D eigenvalue weighted by Crippen LogP contribution is 2.27. The average Bonchev–Trinajstić information content (AvgIpc) is 3.13. The molecule has 0 saturated heterocycles. The summed E-state index contributed by atoms with van der Waals surface area (Å²) < 4.78 is 7.13. The summed E-state index contributed by atoms with van der Waals surface area (Å²) in [4.78, 5) is 16.7. The van der Waals surface area contributed by atoms with E-state index in [1.165, 1.54) is 0 Å². The van der Waals surface area contributed by atoms with Crippen molar-refractivity contribution in [3.05, 3.63) is 44.3 Å². The van der Waals surface area contributed by atoms with Crippen molar-refractivity contribution in [2.75, 3.05) is 6.61 Å². The molecular formula is C17H22N4O2S. The Morgan fingerprint density at radius 3 is 3.00 bits per heavy atom. The Labute approximate surface area is 144 Å².